The number of sulfonamides is 1. The lowest BCUT2D eigenvalue weighted by Gasteiger charge is -2.35. The van der Waals surface area contributed by atoms with Crippen LogP contribution in [0.25, 0.3) is 0 Å². The highest BCUT2D eigenvalue weighted by atomic mass is 35.5. The first-order valence-electron chi connectivity index (χ1n) is 6.35. The second-order valence-electron chi connectivity index (χ2n) is 5.92. The van der Waals surface area contributed by atoms with E-state index in [0.29, 0.717) is 5.69 Å². The van der Waals surface area contributed by atoms with E-state index in [1.165, 1.54) is 0 Å². The van der Waals surface area contributed by atoms with Gasteiger partial charge in [0.1, 0.15) is 0 Å². The molecule has 1 aromatic rings. The van der Waals surface area contributed by atoms with Gasteiger partial charge in [-0.25, -0.2) is 18.1 Å². The van der Waals surface area contributed by atoms with Gasteiger partial charge in [-0.3, -0.25) is 0 Å². The number of hydrogen-bond acceptors (Lipinski definition) is 4. The zero-order valence-corrected chi connectivity index (χ0v) is 13.8. The van der Waals surface area contributed by atoms with Crippen molar-refractivity contribution in [1.82, 2.24) is 9.71 Å². The molecule has 1 aliphatic carbocycles. The monoisotopic (exact) mass is 322 g/mol. The first-order chi connectivity index (χ1) is 8.70. The van der Waals surface area contributed by atoms with E-state index in [1.807, 2.05) is 0 Å². The summed E-state index contributed by atoms with van der Waals surface area (Å²) in [6.07, 6.45) is 3.98. The summed E-state index contributed by atoms with van der Waals surface area (Å²) in [4.78, 5) is 3.96. The molecule has 1 unspecified atom stereocenters. The standard InChI is InChI=1S/C12H19ClN2O2S2/c1-8-10(18-11(13)14-8)19(16,17)15-9-5-4-6-12(2,3)7-9/h9,15H,4-7H2,1-3H3. The van der Waals surface area contributed by atoms with Crippen LogP contribution >= 0.6 is 22.9 Å². The highest BCUT2D eigenvalue weighted by Crippen LogP contribution is 2.36. The molecule has 0 saturated heterocycles. The average molecular weight is 323 g/mol. The minimum absolute atomic E-state index is 0.00836. The van der Waals surface area contributed by atoms with Gasteiger partial charge in [0.25, 0.3) is 10.0 Å². The van der Waals surface area contributed by atoms with Crippen LogP contribution in [-0.2, 0) is 10.0 Å². The van der Waals surface area contributed by atoms with Crippen LogP contribution in [0, 0.1) is 12.3 Å². The predicted molar refractivity (Wildman–Crippen MR) is 78.2 cm³/mol. The molecular weight excluding hydrogens is 304 g/mol. The van der Waals surface area contributed by atoms with Crippen molar-refractivity contribution < 1.29 is 8.42 Å². The molecule has 1 saturated carbocycles. The molecule has 1 N–H and O–H groups in total. The van der Waals surface area contributed by atoms with Gasteiger partial charge in [0.15, 0.2) is 8.68 Å². The summed E-state index contributed by atoms with van der Waals surface area (Å²) in [6.45, 7) is 6.03. The Labute approximate surface area is 123 Å². The Morgan fingerprint density at radius 1 is 1.47 bits per heavy atom. The Bertz CT molecular complexity index is 566. The zero-order valence-electron chi connectivity index (χ0n) is 11.4. The van der Waals surface area contributed by atoms with Crippen molar-refractivity contribution in [2.24, 2.45) is 5.41 Å². The molecule has 108 valence electrons. The molecular formula is C12H19ClN2O2S2. The second-order valence-corrected chi connectivity index (χ2v) is 9.41. The molecule has 0 radical (unpaired) electrons. The molecule has 0 spiro atoms. The normalized spacial score (nSPS) is 23.5. The van der Waals surface area contributed by atoms with Crippen LogP contribution in [0.3, 0.4) is 0 Å². The maximum absolute atomic E-state index is 12.3. The molecule has 1 aromatic heterocycles. The van der Waals surface area contributed by atoms with E-state index in [4.69, 9.17) is 11.6 Å². The number of aromatic nitrogens is 1. The lowest BCUT2D eigenvalue weighted by molar-refractivity contribution is 0.212. The first kappa shape index (κ1) is 15.2. The summed E-state index contributed by atoms with van der Waals surface area (Å²) < 4.78 is 28.0. The Morgan fingerprint density at radius 2 is 2.16 bits per heavy atom. The Hall–Kier alpha value is -0.170. The van der Waals surface area contributed by atoms with Crippen LogP contribution in [0.5, 0.6) is 0 Å². The summed E-state index contributed by atoms with van der Waals surface area (Å²) >= 11 is 6.79. The lowest BCUT2D eigenvalue weighted by atomic mass is 9.75. The fourth-order valence-corrected chi connectivity index (χ4v) is 5.70. The van der Waals surface area contributed by atoms with Gasteiger partial charge >= 0.3 is 0 Å². The third-order valence-corrected chi connectivity index (χ3v) is 6.89. The van der Waals surface area contributed by atoms with Gasteiger partial charge in [-0.2, -0.15) is 0 Å². The van der Waals surface area contributed by atoms with E-state index in [0.717, 1.165) is 37.0 Å². The van der Waals surface area contributed by atoms with Crippen LogP contribution in [0.1, 0.15) is 45.2 Å². The van der Waals surface area contributed by atoms with Crippen molar-refractivity contribution in [2.45, 2.75) is 56.7 Å². The Balaban J connectivity index is 2.16. The minimum Gasteiger partial charge on any atom is -0.229 e. The van der Waals surface area contributed by atoms with Gasteiger partial charge in [0, 0.05) is 6.04 Å². The van der Waals surface area contributed by atoms with Gasteiger partial charge in [-0.15, -0.1) is 0 Å². The molecule has 19 heavy (non-hydrogen) atoms. The van der Waals surface area contributed by atoms with Crippen LogP contribution in [0.4, 0.5) is 0 Å². The van der Waals surface area contributed by atoms with E-state index in [2.05, 4.69) is 23.6 Å². The summed E-state index contributed by atoms with van der Waals surface area (Å²) in [5.74, 6) is 0. The van der Waals surface area contributed by atoms with Crippen molar-refractivity contribution in [3.05, 3.63) is 10.2 Å². The summed E-state index contributed by atoms with van der Waals surface area (Å²) in [6, 6.07) is 0.00836. The van der Waals surface area contributed by atoms with Crippen molar-refractivity contribution in [2.75, 3.05) is 0 Å². The maximum Gasteiger partial charge on any atom is 0.252 e. The number of nitrogens with one attached hydrogen (secondary N) is 1. The van der Waals surface area contributed by atoms with Crippen LogP contribution in [-0.4, -0.2) is 19.4 Å². The number of rotatable bonds is 3. The molecule has 0 bridgehead atoms. The minimum atomic E-state index is -3.50. The van der Waals surface area contributed by atoms with Crippen LogP contribution < -0.4 is 4.72 Å². The molecule has 4 nitrogen and oxygen atoms in total. The Morgan fingerprint density at radius 3 is 2.68 bits per heavy atom. The van der Waals surface area contributed by atoms with E-state index >= 15 is 0 Å². The molecule has 1 aliphatic rings. The van der Waals surface area contributed by atoms with Crippen molar-refractivity contribution in [3.63, 3.8) is 0 Å². The molecule has 1 atom stereocenters. The number of aryl methyl sites for hydroxylation is 1. The van der Waals surface area contributed by atoms with E-state index < -0.39 is 10.0 Å². The molecule has 1 fully saturated rings. The molecule has 0 aromatic carbocycles. The van der Waals surface area contributed by atoms with Gasteiger partial charge in [0.05, 0.1) is 5.69 Å². The number of thiazole rings is 1. The molecule has 7 heteroatoms. The molecule has 0 amide bonds. The number of halogens is 1. The van der Waals surface area contributed by atoms with Gasteiger partial charge in [-0.1, -0.05) is 43.2 Å². The molecule has 1 heterocycles. The second kappa shape index (κ2) is 5.31. The third kappa shape index (κ3) is 3.68. The molecule has 2 rings (SSSR count). The fourth-order valence-electron chi connectivity index (χ4n) is 2.67. The maximum atomic E-state index is 12.3. The summed E-state index contributed by atoms with van der Waals surface area (Å²) in [5.41, 5.74) is 0.670. The summed E-state index contributed by atoms with van der Waals surface area (Å²) in [7, 11) is -3.50. The molecule has 0 aliphatic heterocycles. The quantitative estimate of drug-likeness (QED) is 0.928. The smallest absolute Gasteiger partial charge is 0.229 e. The highest BCUT2D eigenvalue weighted by Gasteiger charge is 2.32. The van der Waals surface area contributed by atoms with Gasteiger partial charge in [0.2, 0.25) is 0 Å². The number of nitrogens with zero attached hydrogens (tertiary/aromatic N) is 1. The van der Waals surface area contributed by atoms with Gasteiger partial charge in [-0.05, 0) is 31.6 Å². The van der Waals surface area contributed by atoms with Crippen molar-refractivity contribution in [1.29, 1.82) is 0 Å². The fraction of sp³-hybridized carbons (Fsp3) is 0.750. The summed E-state index contributed by atoms with van der Waals surface area (Å²) in [5, 5.41) is 0. The van der Waals surface area contributed by atoms with Crippen molar-refractivity contribution >= 4 is 33.0 Å². The lowest BCUT2D eigenvalue weighted by Crippen LogP contribution is -2.40. The van der Waals surface area contributed by atoms with E-state index in [-0.39, 0.29) is 20.1 Å². The van der Waals surface area contributed by atoms with Crippen LogP contribution in [0.15, 0.2) is 4.21 Å². The predicted octanol–water partition coefficient (Wildman–Crippen LogP) is 3.35. The third-order valence-electron chi connectivity index (χ3n) is 3.50. The van der Waals surface area contributed by atoms with Crippen LogP contribution in [0.2, 0.25) is 4.47 Å². The number of hydrogen-bond donors (Lipinski definition) is 1. The largest absolute Gasteiger partial charge is 0.252 e. The first-order valence-corrected chi connectivity index (χ1v) is 9.03. The highest BCUT2D eigenvalue weighted by molar-refractivity contribution is 7.91. The Kier molecular flexibility index (Phi) is 4.26. The topological polar surface area (TPSA) is 59.1 Å². The van der Waals surface area contributed by atoms with Gasteiger partial charge < -0.3 is 0 Å². The SMILES string of the molecule is Cc1nc(Cl)sc1S(=O)(=O)NC1CCCC(C)(C)C1. The van der Waals surface area contributed by atoms with E-state index in [9.17, 15) is 8.42 Å². The average Bonchev–Trinajstić information content (AvgIpc) is 2.56. The van der Waals surface area contributed by atoms with Crippen molar-refractivity contribution in [3.8, 4) is 0 Å². The zero-order chi connectivity index (χ0) is 14.3. The van der Waals surface area contributed by atoms with E-state index in [1.54, 1.807) is 6.92 Å².